The Labute approximate surface area is 165 Å². The third kappa shape index (κ3) is 5.22. The molecule has 2 aromatic rings. The summed E-state index contributed by atoms with van der Waals surface area (Å²) in [6.45, 7) is 13.1. The molecule has 0 aliphatic carbocycles. The van der Waals surface area contributed by atoms with Crippen molar-refractivity contribution < 1.29 is 8.42 Å². The van der Waals surface area contributed by atoms with Crippen LogP contribution in [-0.4, -0.2) is 8.42 Å². The van der Waals surface area contributed by atoms with Crippen molar-refractivity contribution in [2.45, 2.75) is 64.2 Å². The molecule has 0 spiro atoms. The molecule has 0 unspecified atom stereocenters. The fourth-order valence-corrected chi connectivity index (χ4v) is 4.90. The second-order valence-corrected chi connectivity index (χ2v) is 10.5. The van der Waals surface area contributed by atoms with Crippen LogP contribution in [0.2, 0.25) is 0 Å². The first-order chi connectivity index (χ1) is 12.6. The van der Waals surface area contributed by atoms with Crippen LogP contribution in [0.1, 0.15) is 52.7 Å². The first kappa shape index (κ1) is 21.7. The fourth-order valence-electron chi connectivity index (χ4n) is 3.15. The Morgan fingerprint density at radius 3 is 1.30 bits per heavy atom. The lowest BCUT2D eigenvalue weighted by molar-refractivity contribution is 0.414. The van der Waals surface area contributed by atoms with Gasteiger partial charge in [-0.05, 0) is 59.8 Å². The summed E-state index contributed by atoms with van der Waals surface area (Å²) in [5.41, 5.74) is 1.84. The van der Waals surface area contributed by atoms with Gasteiger partial charge in [0.15, 0.2) is 0 Å². The van der Waals surface area contributed by atoms with E-state index in [0.29, 0.717) is 33.5 Å². The molecule has 0 saturated heterocycles. The molecule has 148 valence electrons. The normalized spacial score (nSPS) is 14.5. The molecule has 0 aliphatic heterocycles. The monoisotopic (exact) mass is 386 g/mol. The predicted octanol–water partition coefficient (Wildman–Crippen LogP) is 6.19. The maximum absolute atomic E-state index is 13.6. The SMILES string of the molecule is CC(C)[C@@H](C)Cc1ccccc1S(=O)(=O)c1ccccc1C[C@H](C)C(C)C. The van der Waals surface area contributed by atoms with Crippen LogP contribution in [0.15, 0.2) is 58.3 Å². The van der Waals surface area contributed by atoms with Gasteiger partial charge in [-0.1, -0.05) is 77.9 Å². The summed E-state index contributed by atoms with van der Waals surface area (Å²) >= 11 is 0. The van der Waals surface area contributed by atoms with Crippen LogP contribution in [0, 0.1) is 23.7 Å². The number of hydrogen-bond donors (Lipinski definition) is 0. The fraction of sp³-hybridized carbons (Fsp3) is 0.500. The minimum atomic E-state index is -3.54. The van der Waals surface area contributed by atoms with Crippen LogP contribution in [0.25, 0.3) is 0 Å². The van der Waals surface area contributed by atoms with Crippen LogP contribution >= 0.6 is 0 Å². The predicted molar refractivity (Wildman–Crippen MR) is 114 cm³/mol. The topological polar surface area (TPSA) is 34.1 Å². The van der Waals surface area contributed by atoms with Gasteiger partial charge in [0.2, 0.25) is 9.84 Å². The van der Waals surface area contributed by atoms with Gasteiger partial charge in [0, 0.05) is 0 Å². The molecule has 3 heteroatoms. The summed E-state index contributed by atoms with van der Waals surface area (Å²) in [5.74, 6) is 1.88. The van der Waals surface area contributed by atoms with Gasteiger partial charge in [-0.3, -0.25) is 0 Å². The van der Waals surface area contributed by atoms with E-state index in [4.69, 9.17) is 0 Å². The van der Waals surface area contributed by atoms with Gasteiger partial charge in [-0.2, -0.15) is 0 Å². The van der Waals surface area contributed by atoms with E-state index in [2.05, 4.69) is 41.5 Å². The molecule has 2 atom stereocenters. The van der Waals surface area contributed by atoms with Gasteiger partial charge in [0.05, 0.1) is 9.79 Å². The molecular weight excluding hydrogens is 352 g/mol. The molecule has 0 heterocycles. The zero-order chi connectivity index (χ0) is 20.2. The summed E-state index contributed by atoms with van der Waals surface area (Å²) in [7, 11) is -3.54. The minimum Gasteiger partial charge on any atom is -0.218 e. The molecule has 2 nitrogen and oxygen atoms in total. The van der Waals surface area contributed by atoms with E-state index in [1.807, 2.05) is 36.4 Å². The van der Waals surface area contributed by atoms with E-state index in [0.717, 1.165) is 24.0 Å². The molecule has 2 aromatic carbocycles. The number of benzene rings is 2. The summed E-state index contributed by atoms with van der Waals surface area (Å²) < 4.78 is 27.2. The highest BCUT2D eigenvalue weighted by atomic mass is 32.2. The van der Waals surface area contributed by atoms with E-state index in [1.165, 1.54) is 0 Å². The average molecular weight is 387 g/mol. The molecule has 0 radical (unpaired) electrons. The summed E-state index contributed by atoms with van der Waals surface area (Å²) in [4.78, 5) is 0.921. The quantitative estimate of drug-likeness (QED) is 0.542. The molecule has 0 bridgehead atoms. The van der Waals surface area contributed by atoms with Crippen LogP contribution in [0.5, 0.6) is 0 Å². The Morgan fingerprint density at radius 1 is 0.630 bits per heavy atom. The van der Waals surface area contributed by atoms with E-state index >= 15 is 0 Å². The van der Waals surface area contributed by atoms with E-state index < -0.39 is 9.84 Å². The second kappa shape index (κ2) is 9.05. The Balaban J connectivity index is 2.49. The van der Waals surface area contributed by atoms with Crippen molar-refractivity contribution in [2.75, 3.05) is 0 Å². The highest BCUT2D eigenvalue weighted by Crippen LogP contribution is 2.31. The summed E-state index contributed by atoms with van der Waals surface area (Å²) in [6, 6.07) is 15.0. The van der Waals surface area contributed by atoms with Gasteiger partial charge in [0.1, 0.15) is 0 Å². The van der Waals surface area contributed by atoms with Crippen LogP contribution in [0.4, 0.5) is 0 Å². The number of sulfone groups is 1. The molecular formula is C24H34O2S. The van der Waals surface area contributed by atoms with Gasteiger partial charge in [0.25, 0.3) is 0 Å². The van der Waals surface area contributed by atoms with Crippen molar-refractivity contribution in [3.63, 3.8) is 0 Å². The van der Waals surface area contributed by atoms with E-state index in [1.54, 1.807) is 12.1 Å². The largest absolute Gasteiger partial charge is 0.218 e. The molecule has 0 aromatic heterocycles. The maximum Gasteiger partial charge on any atom is 0.207 e. The maximum atomic E-state index is 13.6. The molecule has 0 aliphatic rings. The smallest absolute Gasteiger partial charge is 0.207 e. The lowest BCUT2D eigenvalue weighted by Gasteiger charge is -2.20. The first-order valence-electron chi connectivity index (χ1n) is 10.1. The number of rotatable bonds is 8. The Morgan fingerprint density at radius 2 is 0.963 bits per heavy atom. The third-order valence-corrected chi connectivity index (χ3v) is 7.84. The first-order valence-corrected chi connectivity index (χ1v) is 11.5. The highest BCUT2D eigenvalue weighted by molar-refractivity contribution is 7.91. The van der Waals surface area contributed by atoms with Crippen molar-refractivity contribution in [2.24, 2.45) is 23.7 Å². The standard InChI is InChI=1S/C24H34O2S/c1-17(2)19(5)15-21-11-7-9-13-23(21)27(25,26)24-14-10-8-12-22(24)16-20(6)18(3)4/h7-14,17-20H,15-16H2,1-6H3/t19-,20-/m0/s1. The molecule has 0 saturated carbocycles. The van der Waals surface area contributed by atoms with Crippen LogP contribution < -0.4 is 0 Å². The third-order valence-electron chi connectivity index (χ3n) is 5.88. The van der Waals surface area contributed by atoms with Crippen molar-refractivity contribution in [3.05, 3.63) is 59.7 Å². The summed E-state index contributed by atoms with van der Waals surface area (Å²) in [6.07, 6.45) is 1.55. The average Bonchev–Trinajstić information content (AvgIpc) is 2.62. The molecule has 2 rings (SSSR count). The minimum absolute atomic E-state index is 0.428. The molecule has 27 heavy (non-hydrogen) atoms. The number of hydrogen-bond acceptors (Lipinski definition) is 2. The second-order valence-electron chi connectivity index (χ2n) is 8.57. The van der Waals surface area contributed by atoms with Crippen molar-refractivity contribution >= 4 is 9.84 Å². The summed E-state index contributed by atoms with van der Waals surface area (Å²) in [5, 5.41) is 0. The van der Waals surface area contributed by atoms with Gasteiger partial charge >= 0.3 is 0 Å². The van der Waals surface area contributed by atoms with Gasteiger partial charge in [-0.15, -0.1) is 0 Å². The van der Waals surface area contributed by atoms with Gasteiger partial charge < -0.3 is 0 Å². The van der Waals surface area contributed by atoms with Crippen molar-refractivity contribution in [1.29, 1.82) is 0 Å². The molecule has 0 N–H and O–H groups in total. The van der Waals surface area contributed by atoms with Crippen molar-refractivity contribution in [1.82, 2.24) is 0 Å². The van der Waals surface area contributed by atoms with Gasteiger partial charge in [-0.25, -0.2) is 8.42 Å². The zero-order valence-electron chi connectivity index (χ0n) is 17.6. The lowest BCUT2D eigenvalue weighted by atomic mass is 9.91. The Hall–Kier alpha value is -1.61. The molecule has 0 fully saturated rings. The van der Waals surface area contributed by atoms with Crippen LogP contribution in [-0.2, 0) is 22.7 Å². The van der Waals surface area contributed by atoms with E-state index in [-0.39, 0.29) is 0 Å². The zero-order valence-corrected chi connectivity index (χ0v) is 18.4. The Bertz CT molecular complexity index is 785. The van der Waals surface area contributed by atoms with E-state index in [9.17, 15) is 8.42 Å². The highest BCUT2D eigenvalue weighted by Gasteiger charge is 2.25. The van der Waals surface area contributed by atoms with Crippen LogP contribution in [0.3, 0.4) is 0 Å². The molecule has 0 amide bonds. The van der Waals surface area contributed by atoms with Crippen molar-refractivity contribution in [3.8, 4) is 0 Å². The Kier molecular flexibility index (Phi) is 7.27. The lowest BCUT2D eigenvalue weighted by Crippen LogP contribution is -2.14.